The molecule has 1 amide bonds. The Hall–Kier alpha value is -1.15. The van der Waals surface area contributed by atoms with Crippen molar-refractivity contribution in [2.24, 2.45) is 0 Å². The Morgan fingerprint density at radius 3 is 1.34 bits per heavy atom. The highest BCUT2D eigenvalue weighted by Crippen LogP contribution is 2.23. The van der Waals surface area contributed by atoms with Gasteiger partial charge in [0, 0.05) is 0 Å². The lowest BCUT2D eigenvalue weighted by Crippen LogP contribution is -2.60. The van der Waals surface area contributed by atoms with Gasteiger partial charge in [0.25, 0.3) is 0 Å². The van der Waals surface area contributed by atoms with Crippen molar-refractivity contribution < 1.29 is 50.0 Å². The maximum absolute atomic E-state index is 13.1. The number of hydrogen-bond donors (Lipinski definition) is 8. The topological polar surface area (TPSA) is 189 Å². The average Bonchev–Trinajstić information content (AvgIpc) is 3.29. The Kier molecular flexibility index (Phi) is 41.0. The second-order valence-corrected chi connectivity index (χ2v) is 19.3. The first-order chi connectivity index (χ1) is 31.2. The van der Waals surface area contributed by atoms with E-state index < -0.39 is 74.2 Å². The van der Waals surface area contributed by atoms with E-state index in [2.05, 4.69) is 31.3 Å². The smallest absolute Gasteiger partial charge is 0.249 e. The van der Waals surface area contributed by atoms with Crippen LogP contribution in [0, 0.1) is 0 Å². The Bertz CT molecular complexity index is 1050. The van der Waals surface area contributed by atoms with E-state index in [1.54, 1.807) is 0 Å². The number of unbranched alkanes of at least 4 members (excludes halogenated alkanes) is 32. The van der Waals surface area contributed by atoms with E-state index in [9.17, 15) is 40.5 Å². The normalized spacial score (nSPS) is 21.0. The maximum Gasteiger partial charge on any atom is 0.249 e. The van der Waals surface area contributed by atoms with Crippen molar-refractivity contribution in [3.05, 3.63) is 12.2 Å². The molecule has 380 valence electrons. The molecule has 1 aliphatic rings. The minimum atomic E-state index is -1.66. The van der Waals surface area contributed by atoms with Crippen LogP contribution in [-0.2, 0) is 14.3 Å². The molecule has 64 heavy (non-hydrogen) atoms. The molecule has 11 nitrogen and oxygen atoms in total. The third-order valence-electron chi connectivity index (χ3n) is 13.3. The number of nitrogens with one attached hydrogen (secondary N) is 1. The molecule has 0 radical (unpaired) electrons. The molecule has 8 N–H and O–H groups in total. The van der Waals surface area contributed by atoms with Gasteiger partial charge < -0.3 is 50.5 Å². The first kappa shape index (κ1) is 60.9. The molecule has 0 bridgehead atoms. The summed E-state index contributed by atoms with van der Waals surface area (Å²) in [5, 5.41) is 75.8. The molecular weight excluding hydrogens is 811 g/mol. The zero-order valence-electron chi connectivity index (χ0n) is 41.3. The number of hydrogen-bond acceptors (Lipinski definition) is 10. The highest BCUT2D eigenvalue weighted by molar-refractivity contribution is 5.80. The molecule has 9 unspecified atom stereocenters. The number of rotatable bonds is 46. The highest BCUT2D eigenvalue weighted by Gasteiger charge is 2.44. The molecule has 1 heterocycles. The molecule has 0 aliphatic carbocycles. The van der Waals surface area contributed by atoms with E-state index in [-0.39, 0.29) is 12.8 Å². The van der Waals surface area contributed by atoms with Crippen molar-refractivity contribution in [2.45, 2.75) is 306 Å². The van der Waals surface area contributed by atoms with Gasteiger partial charge in [0.1, 0.15) is 36.6 Å². The summed E-state index contributed by atoms with van der Waals surface area (Å²) in [5.41, 5.74) is 0. The summed E-state index contributed by atoms with van der Waals surface area (Å²) in [6.45, 7) is 3.45. The molecule has 1 aliphatic heterocycles. The number of amides is 1. The van der Waals surface area contributed by atoms with Crippen molar-refractivity contribution in [3.8, 4) is 0 Å². The summed E-state index contributed by atoms with van der Waals surface area (Å²) < 4.78 is 11.1. The van der Waals surface area contributed by atoms with Crippen LogP contribution in [0.4, 0.5) is 0 Å². The van der Waals surface area contributed by atoms with Gasteiger partial charge in [0.15, 0.2) is 6.29 Å². The number of aliphatic hydroxyl groups is 7. The van der Waals surface area contributed by atoms with E-state index in [0.29, 0.717) is 12.8 Å². The Labute approximate surface area is 392 Å². The van der Waals surface area contributed by atoms with Crippen LogP contribution in [0.5, 0.6) is 0 Å². The molecule has 1 rings (SSSR count). The Morgan fingerprint density at radius 2 is 0.922 bits per heavy atom. The van der Waals surface area contributed by atoms with Gasteiger partial charge in [0.05, 0.1) is 25.4 Å². The molecule has 0 aromatic rings. The van der Waals surface area contributed by atoms with Gasteiger partial charge in [-0.2, -0.15) is 0 Å². The van der Waals surface area contributed by atoms with Crippen LogP contribution in [0.1, 0.15) is 251 Å². The monoisotopic (exact) mass is 914 g/mol. The number of carbonyl (C=O) groups is 1. The quantitative estimate of drug-likeness (QED) is 0.0216. The average molecular weight is 914 g/mol. The number of aliphatic hydroxyl groups excluding tert-OH is 7. The summed E-state index contributed by atoms with van der Waals surface area (Å²) in [4.78, 5) is 13.1. The molecular formula is C53H103NO10. The summed E-state index contributed by atoms with van der Waals surface area (Å²) in [6.07, 6.45) is 37.0. The molecule has 9 atom stereocenters. The maximum atomic E-state index is 13.1. The predicted octanol–water partition coefficient (Wildman–Crippen LogP) is 10.4. The van der Waals surface area contributed by atoms with Crippen LogP contribution in [0.25, 0.3) is 0 Å². The highest BCUT2D eigenvalue weighted by atomic mass is 16.7. The van der Waals surface area contributed by atoms with Crippen LogP contribution in [0.3, 0.4) is 0 Å². The molecule has 0 spiro atoms. The molecule has 0 aromatic heterocycles. The van der Waals surface area contributed by atoms with Crippen molar-refractivity contribution >= 4 is 5.91 Å². The van der Waals surface area contributed by atoms with Crippen molar-refractivity contribution in [3.63, 3.8) is 0 Å². The van der Waals surface area contributed by atoms with Gasteiger partial charge in [-0.3, -0.25) is 4.79 Å². The lowest BCUT2D eigenvalue weighted by Gasteiger charge is -2.40. The lowest BCUT2D eigenvalue weighted by molar-refractivity contribution is -0.303. The summed E-state index contributed by atoms with van der Waals surface area (Å²) in [7, 11) is 0. The van der Waals surface area contributed by atoms with Crippen LogP contribution in [0.2, 0.25) is 0 Å². The van der Waals surface area contributed by atoms with Gasteiger partial charge in [-0.25, -0.2) is 0 Å². The van der Waals surface area contributed by atoms with Crippen LogP contribution in [-0.4, -0.2) is 110 Å². The minimum Gasteiger partial charge on any atom is -0.394 e. The summed E-state index contributed by atoms with van der Waals surface area (Å²) in [6, 6.07) is -1.18. The van der Waals surface area contributed by atoms with E-state index >= 15 is 0 Å². The van der Waals surface area contributed by atoms with E-state index in [1.165, 1.54) is 173 Å². The van der Waals surface area contributed by atoms with Crippen LogP contribution < -0.4 is 5.32 Å². The van der Waals surface area contributed by atoms with Crippen molar-refractivity contribution in [1.82, 2.24) is 5.32 Å². The zero-order chi connectivity index (χ0) is 46.9. The fraction of sp³-hybridized carbons (Fsp3) is 0.943. The standard InChI is InChI=1S/C53H103NO10/c1-3-5-7-9-11-13-15-17-18-19-20-21-22-23-24-25-26-27-29-31-33-35-37-39-41-46(57)52(62)54-44(43-63-53-51(61)50(60)49(59)47(42-55)64-53)48(58)45(56)40-38-36-34-32-30-28-16-14-12-10-8-6-4-2/h32,34,44-51,53,55-61H,3-31,33,35-43H2,1-2H3,(H,54,62)/b34-32+. The third-order valence-corrected chi connectivity index (χ3v) is 13.3. The van der Waals surface area contributed by atoms with Gasteiger partial charge in [-0.15, -0.1) is 0 Å². The van der Waals surface area contributed by atoms with Gasteiger partial charge in [0.2, 0.25) is 5.91 Å². The molecule has 1 fully saturated rings. The first-order valence-corrected chi connectivity index (χ1v) is 27.1. The lowest BCUT2D eigenvalue weighted by atomic mass is 9.98. The number of carbonyl (C=O) groups excluding carboxylic acids is 1. The first-order valence-electron chi connectivity index (χ1n) is 27.1. The zero-order valence-corrected chi connectivity index (χ0v) is 41.3. The number of allylic oxidation sites excluding steroid dienone is 2. The fourth-order valence-electron chi connectivity index (χ4n) is 8.85. The van der Waals surface area contributed by atoms with Crippen LogP contribution >= 0.6 is 0 Å². The van der Waals surface area contributed by atoms with Crippen molar-refractivity contribution in [1.29, 1.82) is 0 Å². The molecule has 0 saturated carbocycles. The molecule has 11 heteroatoms. The fourth-order valence-corrected chi connectivity index (χ4v) is 8.85. The van der Waals surface area contributed by atoms with Gasteiger partial charge >= 0.3 is 0 Å². The van der Waals surface area contributed by atoms with Gasteiger partial charge in [-0.05, 0) is 38.5 Å². The summed E-state index contributed by atoms with van der Waals surface area (Å²) >= 11 is 0. The third kappa shape index (κ3) is 31.8. The number of ether oxygens (including phenoxy) is 2. The largest absolute Gasteiger partial charge is 0.394 e. The van der Waals surface area contributed by atoms with Gasteiger partial charge in [-0.1, -0.05) is 225 Å². The Morgan fingerprint density at radius 1 is 0.531 bits per heavy atom. The molecule has 0 aromatic carbocycles. The SMILES string of the molecule is CCCCCCCCCC/C=C/CCCC(O)C(O)C(COC1OC(CO)C(O)C(O)C1O)NC(=O)C(O)CCCCCCCCCCCCCCCCCCCCCCCCCC. The Balaban J connectivity index is 2.31. The van der Waals surface area contributed by atoms with Crippen LogP contribution in [0.15, 0.2) is 12.2 Å². The van der Waals surface area contributed by atoms with E-state index in [1.807, 2.05) is 0 Å². The second-order valence-electron chi connectivity index (χ2n) is 19.3. The second kappa shape index (κ2) is 43.2. The predicted molar refractivity (Wildman–Crippen MR) is 261 cm³/mol. The van der Waals surface area contributed by atoms with E-state index in [4.69, 9.17) is 9.47 Å². The van der Waals surface area contributed by atoms with E-state index in [0.717, 1.165) is 38.5 Å². The molecule has 1 saturated heterocycles. The minimum absolute atomic E-state index is 0.259. The van der Waals surface area contributed by atoms with Crippen molar-refractivity contribution in [2.75, 3.05) is 13.2 Å². The summed E-state index contributed by atoms with van der Waals surface area (Å²) in [5.74, 6) is -0.702.